The molecule has 1 unspecified atom stereocenters. The first kappa shape index (κ1) is 19.7. The zero-order valence-corrected chi connectivity index (χ0v) is 15.1. The molecule has 136 valence electrons. The van der Waals surface area contributed by atoms with Gasteiger partial charge in [-0.3, -0.25) is 14.5 Å². The molecule has 0 bridgehead atoms. The highest BCUT2D eigenvalue weighted by Crippen LogP contribution is 2.31. The number of hydrogen-bond donors (Lipinski definition) is 1. The number of nitrogens with one attached hydrogen (secondary N) is 1. The number of amides is 2. The summed E-state index contributed by atoms with van der Waals surface area (Å²) in [6.07, 6.45) is -3.30. The Kier molecular flexibility index (Phi) is 6.45. The Morgan fingerprint density at radius 2 is 2.12 bits per heavy atom. The van der Waals surface area contributed by atoms with E-state index in [0.717, 1.165) is 12.1 Å². The Hall–Kier alpha value is -1.61. The lowest BCUT2D eigenvalue weighted by Crippen LogP contribution is -2.32. The van der Waals surface area contributed by atoms with Crippen LogP contribution in [0, 0.1) is 0 Å². The maximum Gasteiger partial charge on any atom is 0.416 e. The van der Waals surface area contributed by atoms with E-state index in [-0.39, 0.29) is 23.3 Å². The monoisotopic (exact) mass is 390 g/mol. The molecule has 1 aromatic carbocycles. The molecule has 2 amide bonds. The van der Waals surface area contributed by atoms with E-state index in [1.54, 1.807) is 0 Å². The number of anilines is 1. The smallest absolute Gasteiger partial charge is 0.326 e. The summed E-state index contributed by atoms with van der Waals surface area (Å²) in [5.41, 5.74) is -0.727. The van der Waals surface area contributed by atoms with Gasteiger partial charge in [0.1, 0.15) is 4.32 Å². The largest absolute Gasteiger partial charge is 0.416 e. The number of thioether (sulfide) groups is 1. The van der Waals surface area contributed by atoms with Crippen LogP contribution in [0.1, 0.15) is 31.7 Å². The van der Waals surface area contributed by atoms with Crippen LogP contribution >= 0.6 is 24.0 Å². The molecule has 1 aromatic rings. The van der Waals surface area contributed by atoms with Gasteiger partial charge < -0.3 is 5.32 Å². The van der Waals surface area contributed by atoms with Crippen molar-refractivity contribution in [3.8, 4) is 0 Å². The Morgan fingerprint density at radius 3 is 2.72 bits per heavy atom. The van der Waals surface area contributed by atoms with Gasteiger partial charge in [0.25, 0.3) is 0 Å². The summed E-state index contributed by atoms with van der Waals surface area (Å²) >= 11 is 6.50. The van der Waals surface area contributed by atoms with Crippen LogP contribution in [0.4, 0.5) is 18.9 Å². The van der Waals surface area contributed by atoms with Crippen molar-refractivity contribution in [3.63, 3.8) is 0 Å². The molecule has 1 atom stereocenters. The van der Waals surface area contributed by atoms with E-state index in [1.165, 1.54) is 28.8 Å². The van der Waals surface area contributed by atoms with Crippen molar-refractivity contribution in [1.82, 2.24) is 4.90 Å². The predicted molar refractivity (Wildman–Crippen MR) is 95.3 cm³/mol. The van der Waals surface area contributed by atoms with Gasteiger partial charge in [0, 0.05) is 18.7 Å². The Balaban J connectivity index is 1.84. The number of benzene rings is 1. The lowest BCUT2D eigenvalue weighted by Gasteiger charge is -2.15. The van der Waals surface area contributed by atoms with E-state index >= 15 is 0 Å². The number of hydrogen-bond acceptors (Lipinski definition) is 4. The van der Waals surface area contributed by atoms with Gasteiger partial charge in [0.2, 0.25) is 11.8 Å². The van der Waals surface area contributed by atoms with E-state index in [9.17, 15) is 22.8 Å². The first-order valence-electron chi connectivity index (χ1n) is 7.71. The summed E-state index contributed by atoms with van der Waals surface area (Å²) in [6.45, 7) is 2.24. The fraction of sp³-hybridized carbons (Fsp3) is 0.438. The van der Waals surface area contributed by atoms with Crippen molar-refractivity contribution in [1.29, 1.82) is 0 Å². The molecular weight excluding hydrogens is 373 g/mol. The molecule has 2 rings (SSSR count). The van der Waals surface area contributed by atoms with E-state index < -0.39 is 17.6 Å². The zero-order chi connectivity index (χ0) is 18.6. The van der Waals surface area contributed by atoms with Gasteiger partial charge in [0.05, 0.1) is 10.8 Å². The van der Waals surface area contributed by atoms with Crippen LogP contribution in [-0.4, -0.2) is 32.8 Å². The molecule has 1 N–H and O–H groups in total. The van der Waals surface area contributed by atoms with Gasteiger partial charge in [0.15, 0.2) is 0 Å². The second-order valence-electron chi connectivity index (χ2n) is 5.50. The fourth-order valence-corrected chi connectivity index (χ4v) is 3.83. The Bertz CT molecular complexity index is 680. The predicted octanol–water partition coefficient (Wildman–Crippen LogP) is 4.06. The van der Waals surface area contributed by atoms with Crippen molar-refractivity contribution >= 4 is 45.8 Å². The van der Waals surface area contributed by atoms with Crippen molar-refractivity contribution in [2.75, 3.05) is 11.9 Å². The third-order valence-corrected chi connectivity index (χ3v) is 5.39. The molecule has 0 spiro atoms. The van der Waals surface area contributed by atoms with Gasteiger partial charge >= 0.3 is 6.18 Å². The molecule has 0 aliphatic carbocycles. The molecule has 1 saturated heterocycles. The minimum absolute atomic E-state index is 0.0456. The maximum absolute atomic E-state index is 12.7. The molecule has 4 nitrogen and oxygen atoms in total. The molecule has 25 heavy (non-hydrogen) atoms. The summed E-state index contributed by atoms with van der Waals surface area (Å²) in [6, 6.07) is 4.47. The van der Waals surface area contributed by atoms with E-state index in [0.29, 0.717) is 23.7 Å². The number of thiocarbonyl (C=S) groups is 1. The molecule has 1 aliphatic heterocycles. The molecule has 1 aliphatic rings. The molecule has 9 heteroatoms. The van der Waals surface area contributed by atoms with E-state index in [1.807, 2.05) is 6.92 Å². The van der Waals surface area contributed by atoms with Crippen LogP contribution in [-0.2, 0) is 15.8 Å². The van der Waals surface area contributed by atoms with E-state index in [2.05, 4.69) is 5.32 Å². The van der Waals surface area contributed by atoms with Gasteiger partial charge in [-0.05, 0) is 31.0 Å². The van der Waals surface area contributed by atoms with Crippen molar-refractivity contribution in [2.45, 2.75) is 37.6 Å². The highest BCUT2D eigenvalue weighted by molar-refractivity contribution is 8.24. The van der Waals surface area contributed by atoms with Gasteiger partial charge in [-0.15, -0.1) is 0 Å². The maximum atomic E-state index is 12.7. The second kappa shape index (κ2) is 8.18. The standard InChI is InChI=1S/C16H17F3N2O2S2/c1-2-12-14(23)21(15(24)25-12)8-4-7-13(22)20-11-6-3-5-10(9-11)16(17,18)19/h3,5-6,9,12H,2,4,7-8H2,1H3,(H,20,22). The normalized spacial score (nSPS) is 17.9. The summed E-state index contributed by atoms with van der Waals surface area (Å²) in [5, 5.41) is 2.28. The lowest BCUT2D eigenvalue weighted by molar-refractivity contribution is -0.137. The number of carbonyl (C=O) groups is 2. The van der Waals surface area contributed by atoms with Gasteiger partial charge in [-0.25, -0.2) is 0 Å². The first-order valence-corrected chi connectivity index (χ1v) is 9.00. The van der Waals surface area contributed by atoms with Crippen molar-refractivity contribution in [2.24, 2.45) is 0 Å². The van der Waals surface area contributed by atoms with Crippen LogP contribution < -0.4 is 5.32 Å². The van der Waals surface area contributed by atoms with Crippen molar-refractivity contribution < 1.29 is 22.8 Å². The van der Waals surface area contributed by atoms with Crippen molar-refractivity contribution in [3.05, 3.63) is 29.8 Å². The quantitative estimate of drug-likeness (QED) is 0.744. The topological polar surface area (TPSA) is 49.4 Å². The molecule has 0 radical (unpaired) electrons. The summed E-state index contributed by atoms with van der Waals surface area (Å²) < 4.78 is 38.5. The second-order valence-corrected chi connectivity index (χ2v) is 7.34. The van der Waals surface area contributed by atoms with Crippen LogP contribution in [0.25, 0.3) is 0 Å². The van der Waals surface area contributed by atoms with Crippen LogP contribution in [0.5, 0.6) is 0 Å². The average molecular weight is 390 g/mol. The van der Waals surface area contributed by atoms with Crippen LogP contribution in [0.3, 0.4) is 0 Å². The molecule has 1 heterocycles. The minimum Gasteiger partial charge on any atom is -0.326 e. The molecular formula is C16H17F3N2O2S2. The third-order valence-electron chi connectivity index (χ3n) is 3.63. The SMILES string of the molecule is CCC1SC(=S)N(CCCC(=O)Nc2cccc(C(F)(F)F)c2)C1=O. The third kappa shape index (κ3) is 5.18. The number of carbonyl (C=O) groups excluding carboxylic acids is 2. The van der Waals surface area contributed by atoms with Crippen LogP contribution in [0.2, 0.25) is 0 Å². The summed E-state index contributed by atoms with van der Waals surface area (Å²) in [5.74, 6) is -0.452. The molecule has 1 fully saturated rings. The van der Waals surface area contributed by atoms with E-state index in [4.69, 9.17) is 12.2 Å². The summed E-state index contributed by atoms with van der Waals surface area (Å²) in [7, 11) is 0. The lowest BCUT2D eigenvalue weighted by atomic mass is 10.2. The van der Waals surface area contributed by atoms with Crippen LogP contribution in [0.15, 0.2) is 24.3 Å². The number of rotatable bonds is 6. The number of halogens is 3. The molecule has 0 aromatic heterocycles. The fourth-order valence-electron chi connectivity index (χ4n) is 2.35. The first-order chi connectivity index (χ1) is 11.7. The Labute approximate surface area is 153 Å². The Morgan fingerprint density at radius 1 is 1.40 bits per heavy atom. The average Bonchev–Trinajstić information content (AvgIpc) is 2.81. The number of alkyl halides is 3. The highest BCUT2D eigenvalue weighted by atomic mass is 32.2. The number of nitrogens with zero attached hydrogens (tertiary/aromatic N) is 1. The molecule has 0 saturated carbocycles. The summed E-state index contributed by atoms with van der Waals surface area (Å²) in [4.78, 5) is 25.4. The van der Waals surface area contributed by atoms with Gasteiger partial charge in [-0.2, -0.15) is 13.2 Å². The minimum atomic E-state index is -4.46. The zero-order valence-electron chi connectivity index (χ0n) is 13.4. The highest BCUT2D eigenvalue weighted by Gasteiger charge is 2.35. The van der Waals surface area contributed by atoms with Gasteiger partial charge in [-0.1, -0.05) is 37.0 Å².